The van der Waals surface area contributed by atoms with Crippen molar-refractivity contribution in [2.24, 2.45) is 29.6 Å². The fourth-order valence-electron chi connectivity index (χ4n) is 13.9. The van der Waals surface area contributed by atoms with Crippen molar-refractivity contribution >= 4 is 43.3 Å². The van der Waals surface area contributed by atoms with E-state index in [1.54, 1.807) is 0 Å². The minimum atomic E-state index is -2.88. The van der Waals surface area contributed by atoms with Crippen LogP contribution < -0.4 is 0 Å². The predicted octanol–water partition coefficient (Wildman–Crippen LogP) is 11.3. The van der Waals surface area contributed by atoms with Crippen LogP contribution in [0.5, 0.6) is 0 Å². The van der Waals surface area contributed by atoms with Crippen molar-refractivity contribution in [1.29, 1.82) is 0 Å². The maximum atomic E-state index is 8.11. The Morgan fingerprint density at radius 3 is 1.12 bits per heavy atom. The second-order valence-electron chi connectivity index (χ2n) is 24.2. The summed E-state index contributed by atoms with van der Waals surface area (Å²) in [5.41, 5.74) is 0. The largest absolute Gasteiger partial charge is 0.439 e. The SMILES string of the molecule is CCCCO[Si](C)(CCC1CCC2OC2C1)O[Si](C)(CCC1CCC2OC2C1)O[Si](C)(CCC1CCC2OC2C1)O[Si](C)(CCC1CCC2OC2C1)O[SiH](C)CCC1CCC2OC2C1. The van der Waals surface area contributed by atoms with E-state index in [-0.39, 0.29) is 0 Å². The summed E-state index contributed by atoms with van der Waals surface area (Å²) in [5, 5.41) is 0. The Balaban J connectivity index is 0.892. The summed E-state index contributed by atoms with van der Waals surface area (Å²) in [6.45, 7) is 15.3. The van der Waals surface area contributed by atoms with Crippen LogP contribution in [0.2, 0.25) is 63.0 Å². The average Bonchev–Trinajstić information content (AvgIpc) is 4.04. The Morgan fingerprint density at radius 1 is 0.422 bits per heavy atom. The maximum absolute atomic E-state index is 8.11. The summed E-state index contributed by atoms with van der Waals surface area (Å²) in [4.78, 5) is 0. The summed E-state index contributed by atoms with van der Waals surface area (Å²) in [5.74, 6) is 3.56. The summed E-state index contributed by atoms with van der Waals surface area (Å²) in [7, 11) is -12.6. The molecule has 0 N–H and O–H groups in total. The topological polar surface area (TPSA) is 109 Å². The van der Waals surface area contributed by atoms with Gasteiger partial charge in [-0.05, 0) is 221 Å². The van der Waals surface area contributed by atoms with E-state index in [2.05, 4.69) is 39.7 Å². The molecule has 0 radical (unpaired) electrons. The van der Waals surface area contributed by atoms with Crippen molar-refractivity contribution in [3.63, 3.8) is 0 Å². The molecule has 64 heavy (non-hydrogen) atoms. The van der Waals surface area contributed by atoms with E-state index in [1.807, 2.05) is 0 Å². The molecule has 10 nitrogen and oxygen atoms in total. The molecule has 0 aromatic rings. The van der Waals surface area contributed by atoms with Gasteiger partial charge in [0.1, 0.15) is 0 Å². The van der Waals surface area contributed by atoms with Gasteiger partial charge in [0.05, 0.1) is 61.0 Å². The fraction of sp³-hybridized carbons (Fsp3) is 1.00. The highest BCUT2D eigenvalue weighted by Gasteiger charge is 2.55. The molecule has 0 bridgehead atoms. The zero-order valence-electron chi connectivity index (χ0n) is 41.1. The van der Waals surface area contributed by atoms with Gasteiger partial charge in [0.15, 0.2) is 9.04 Å². The molecule has 0 aromatic heterocycles. The molecule has 10 fully saturated rings. The Hall–Kier alpha value is 0.684. The van der Waals surface area contributed by atoms with Crippen LogP contribution in [0.1, 0.15) is 148 Å². The molecule has 0 aromatic carbocycles. The third-order valence-electron chi connectivity index (χ3n) is 18.2. The van der Waals surface area contributed by atoms with Gasteiger partial charge in [0, 0.05) is 6.61 Å². The number of rotatable bonds is 27. The van der Waals surface area contributed by atoms with E-state index in [0.29, 0.717) is 84.7 Å². The summed E-state index contributed by atoms with van der Waals surface area (Å²) in [6, 6.07) is 5.34. The van der Waals surface area contributed by atoms with Crippen molar-refractivity contribution < 1.29 is 44.6 Å². The normalized spacial score (nSPS) is 43.3. The van der Waals surface area contributed by atoms with Gasteiger partial charge in [-0.3, -0.25) is 0 Å². The van der Waals surface area contributed by atoms with E-state index in [1.165, 1.54) is 122 Å². The first-order chi connectivity index (χ1) is 30.8. The van der Waals surface area contributed by atoms with Crippen molar-refractivity contribution in [3.05, 3.63) is 0 Å². The molecular formula is C49H90O10Si5. The predicted molar refractivity (Wildman–Crippen MR) is 262 cm³/mol. The minimum Gasteiger partial charge on any atom is -0.439 e. The van der Waals surface area contributed by atoms with Crippen molar-refractivity contribution in [1.82, 2.24) is 0 Å². The molecule has 5 saturated carbocycles. The Labute approximate surface area is 394 Å². The fourth-order valence-corrected chi connectivity index (χ4v) is 39.0. The molecule has 366 valence electrons. The molecule has 5 saturated heterocycles. The number of unbranched alkanes of at least 4 members (excludes halogenated alkanes) is 1. The molecule has 20 atom stereocenters. The molecule has 20 unspecified atom stereocenters. The lowest BCUT2D eigenvalue weighted by atomic mass is 9.88. The molecule has 10 aliphatic rings. The third-order valence-corrected chi connectivity index (χ3v) is 38.9. The quantitative estimate of drug-likeness (QED) is 0.0448. The van der Waals surface area contributed by atoms with E-state index in [9.17, 15) is 0 Å². The van der Waals surface area contributed by atoms with Gasteiger partial charge in [0.25, 0.3) is 0 Å². The molecular weight excluding hydrogens is 889 g/mol. The van der Waals surface area contributed by atoms with E-state index in [0.717, 1.165) is 62.4 Å². The first kappa shape index (κ1) is 48.3. The first-order valence-corrected chi connectivity index (χ1v) is 40.0. The smallest absolute Gasteiger partial charge is 0.326 e. The van der Waals surface area contributed by atoms with Gasteiger partial charge in [-0.1, -0.05) is 19.8 Å². The van der Waals surface area contributed by atoms with Gasteiger partial charge >= 0.3 is 34.2 Å². The maximum Gasteiger partial charge on any atom is 0.326 e. The second kappa shape index (κ2) is 20.4. The van der Waals surface area contributed by atoms with Crippen molar-refractivity contribution in [2.75, 3.05) is 6.61 Å². The van der Waals surface area contributed by atoms with Crippen LogP contribution in [0, 0.1) is 29.6 Å². The van der Waals surface area contributed by atoms with Gasteiger partial charge in [-0.25, -0.2) is 0 Å². The van der Waals surface area contributed by atoms with E-state index in [4.69, 9.17) is 44.6 Å². The van der Waals surface area contributed by atoms with Crippen LogP contribution in [0.4, 0.5) is 0 Å². The van der Waals surface area contributed by atoms with Crippen molar-refractivity contribution in [2.45, 2.75) is 272 Å². The molecule has 5 heterocycles. The molecule has 0 amide bonds. The molecule has 0 spiro atoms. The van der Waals surface area contributed by atoms with Crippen LogP contribution >= 0.6 is 0 Å². The monoisotopic (exact) mass is 979 g/mol. The highest BCUT2D eigenvalue weighted by molar-refractivity contribution is 6.89. The molecule has 10 rings (SSSR count). The van der Waals surface area contributed by atoms with Gasteiger partial charge in [-0.2, -0.15) is 0 Å². The van der Waals surface area contributed by atoms with Crippen LogP contribution in [-0.2, 0) is 44.6 Å². The lowest BCUT2D eigenvalue weighted by Gasteiger charge is -2.46. The van der Waals surface area contributed by atoms with Crippen LogP contribution in [0.15, 0.2) is 0 Å². The lowest BCUT2D eigenvalue weighted by molar-refractivity contribution is 0.203. The van der Waals surface area contributed by atoms with Gasteiger partial charge < -0.3 is 44.6 Å². The third kappa shape index (κ3) is 13.3. The highest BCUT2D eigenvalue weighted by atomic mass is 28.5. The van der Waals surface area contributed by atoms with Gasteiger partial charge in [0.2, 0.25) is 0 Å². The number of hydrogen-bond donors (Lipinski definition) is 0. The summed E-state index contributed by atoms with van der Waals surface area (Å²) >= 11 is 0. The van der Waals surface area contributed by atoms with E-state index >= 15 is 0 Å². The van der Waals surface area contributed by atoms with Crippen LogP contribution in [-0.4, -0.2) is 111 Å². The number of ether oxygens (including phenoxy) is 5. The average molecular weight is 980 g/mol. The van der Waals surface area contributed by atoms with Crippen molar-refractivity contribution in [3.8, 4) is 0 Å². The number of epoxide rings is 5. The second-order valence-corrected chi connectivity index (χ2v) is 41.1. The lowest BCUT2D eigenvalue weighted by Crippen LogP contribution is -2.61. The minimum absolute atomic E-state index is 0.484. The molecule has 15 heteroatoms. The van der Waals surface area contributed by atoms with Crippen LogP contribution in [0.3, 0.4) is 0 Å². The van der Waals surface area contributed by atoms with E-state index < -0.39 is 43.3 Å². The van der Waals surface area contributed by atoms with Gasteiger partial charge in [-0.15, -0.1) is 0 Å². The zero-order chi connectivity index (χ0) is 44.1. The zero-order valence-corrected chi connectivity index (χ0v) is 46.3. The number of hydrogen-bond acceptors (Lipinski definition) is 10. The van der Waals surface area contributed by atoms with Crippen LogP contribution in [0.25, 0.3) is 0 Å². The summed E-state index contributed by atoms with van der Waals surface area (Å²) < 4.78 is 68.9. The Kier molecular flexibility index (Phi) is 15.4. The Morgan fingerprint density at radius 2 is 0.750 bits per heavy atom. The standard InChI is InChI=1S/C49H90O10Si5/c1-7-8-24-50-61(3,26-20-36-10-15-41-46(31-36)52-41)57-63(5,28-22-38-12-17-43-48(33-38)54-43)59-64(6,29-23-39-13-18-44-49(34-39)55-44)58-62(4,27-21-37-11-16-42-47(32-37)53-42)56-60(2)25-19-35-9-14-40-45(30-35)51-40/h35-49,60H,7-34H2,1-6H3. The first-order valence-electron chi connectivity index (χ1n) is 27.5. The highest BCUT2D eigenvalue weighted by Crippen LogP contribution is 2.48. The number of fused-ring (bicyclic) bond motifs is 5. The summed E-state index contributed by atoms with van der Waals surface area (Å²) in [6.07, 6.45) is 32.0. The Bertz CT molecular complexity index is 1560. The molecule has 5 aliphatic carbocycles. The molecule has 5 aliphatic heterocycles.